The maximum absolute atomic E-state index is 10.6. The molecule has 0 spiro atoms. The summed E-state index contributed by atoms with van der Waals surface area (Å²) in [7, 11) is 0. The van der Waals surface area contributed by atoms with E-state index in [-0.39, 0.29) is 0 Å². The van der Waals surface area contributed by atoms with Gasteiger partial charge in [0, 0.05) is 11.3 Å². The normalized spacial score (nSPS) is 10.0. The van der Waals surface area contributed by atoms with Crippen molar-refractivity contribution < 1.29 is 9.90 Å². The smallest absolute Gasteiger partial charge is 0.211 e. The van der Waals surface area contributed by atoms with Crippen molar-refractivity contribution in [3.05, 3.63) is 35.4 Å². The molecule has 17 heavy (non-hydrogen) atoms. The molecule has 1 aromatic carbocycles. The highest BCUT2D eigenvalue weighted by molar-refractivity contribution is 5.76. The van der Waals surface area contributed by atoms with Crippen LogP contribution in [0.2, 0.25) is 0 Å². The minimum absolute atomic E-state index is 0.310. The van der Waals surface area contributed by atoms with E-state index in [0.29, 0.717) is 18.6 Å². The van der Waals surface area contributed by atoms with Gasteiger partial charge < -0.3 is 10.4 Å². The van der Waals surface area contributed by atoms with E-state index in [1.165, 1.54) is 0 Å². The van der Waals surface area contributed by atoms with E-state index in [4.69, 9.17) is 0 Å². The Morgan fingerprint density at radius 1 is 1.47 bits per heavy atom. The predicted octanol–water partition coefficient (Wildman–Crippen LogP) is 2.95. The number of aryl methyl sites for hydroxylation is 1. The number of hydrogen-bond donors (Lipinski definition) is 2. The lowest BCUT2D eigenvalue weighted by atomic mass is 9.95. The lowest BCUT2D eigenvalue weighted by molar-refractivity contribution is -0.105. The number of nitrogens with one attached hydrogen (secondary N) is 1. The number of hydrogen-bond acceptors (Lipinski definition) is 2. The molecule has 0 radical (unpaired) electrons. The van der Waals surface area contributed by atoms with Gasteiger partial charge in [-0.2, -0.15) is 0 Å². The Kier molecular flexibility index (Phi) is 4.76. The van der Waals surface area contributed by atoms with E-state index in [1.807, 2.05) is 6.92 Å². The van der Waals surface area contributed by atoms with Crippen molar-refractivity contribution in [2.45, 2.75) is 33.1 Å². The minimum Gasteiger partial charge on any atom is -0.507 e. The summed E-state index contributed by atoms with van der Waals surface area (Å²) >= 11 is 0. The minimum atomic E-state index is 0.310. The van der Waals surface area contributed by atoms with Crippen molar-refractivity contribution in [1.82, 2.24) is 0 Å². The van der Waals surface area contributed by atoms with Gasteiger partial charge in [0.1, 0.15) is 5.75 Å². The van der Waals surface area contributed by atoms with Crippen LogP contribution in [0.4, 0.5) is 5.69 Å². The maximum atomic E-state index is 10.6. The molecule has 0 bridgehead atoms. The molecule has 92 valence electrons. The van der Waals surface area contributed by atoms with E-state index < -0.39 is 0 Å². The Labute approximate surface area is 102 Å². The molecule has 3 nitrogen and oxygen atoms in total. The Morgan fingerprint density at radius 3 is 2.71 bits per heavy atom. The van der Waals surface area contributed by atoms with Crippen LogP contribution < -0.4 is 5.32 Å². The largest absolute Gasteiger partial charge is 0.507 e. The van der Waals surface area contributed by atoms with E-state index in [2.05, 4.69) is 18.8 Å². The van der Waals surface area contributed by atoms with Crippen LogP contribution in [0.1, 0.15) is 30.0 Å². The lowest BCUT2D eigenvalue weighted by Gasteiger charge is -2.16. The average Bonchev–Trinajstić information content (AvgIpc) is 2.30. The van der Waals surface area contributed by atoms with Crippen molar-refractivity contribution in [3.8, 4) is 5.75 Å². The second-order valence-electron chi connectivity index (χ2n) is 4.05. The van der Waals surface area contributed by atoms with Gasteiger partial charge in [0.05, 0.1) is 0 Å². The third-order valence-electron chi connectivity index (χ3n) is 2.77. The molecule has 2 N–H and O–H groups in total. The van der Waals surface area contributed by atoms with Crippen molar-refractivity contribution in [1.29, 1.82) is 0 Å². The van der Waals surface area contributed by atoms with Gasteiger partial charge >= 0.3 is 0 Å². The summed E-state index contributed by atoms with van der Waals surface area (Å²) in [6.45, 7) is 7.60. The predicted molar refractivity (Wildman–Crippen MR) is 70.4 cm³/mol. The first kappa shape index (κ1) is 13.3. The van der Waals surface area contributed by atoms with E-state index in [0.717, 1.165) is 35.2 Å². The molecule has 1 aromatic rings. The van der Waals surface area contributed by atoms with Crippen LogP contribution in [0.15, 0.2) is 18.7 Å². The van der Waals surface area contributed by atoms with E-state index in [1.54, 1.807) is 12.1 Å². The second kappa shape index (κ2) is 6.09. The molecule has 0 aliphatic carbocycles. The summed E-state index contributed by atoms with van der Waals surface area (Å²) in [5.41, 5.74) is 3.42. The molecule has 1 amide bonds. The SMILES string of the molecule is C=CCc1c(O)c(C)cc(NC=O)c1CCC. The third-order valence-corrected chi connectivity index (χ3v) is 2.77. The molecule has 3 heteroatoms. The molecule has 0 saturated heterocycles. The van der Waals surface area contributed by atoms with E-state index >= 15 is 0 Å². The topological polar surface area (TPSA) is 49.3 Å². The number of carbonyl (C=O) groups is 1. The highest BCUT2D eigenvalue weighted by Gasteiger charge is 2.14. The monoisotopic (exact) mass is 233 g/mol. The zero-order valence-electron chi connectivity index (χ0n) is 10.4. The number of aromatic hydroxyl groups is 1. The van der Waals surface area contributed by atoms with Gasteiger partial charge in [-0.25, -0.2) is 0 Å². The molecular formula is C14H19NO2. The fourth-order valence-electron chi connectivity index (χ4n) is 2.01. The zero-order valence-corrected chi connectivity index (χ0v) is 10.4. The average molecular weight is 233 g/mol. The number of carbonyl (C=O) groups excluding carboxylic acids is 1. The molecule has 0 aliphatic heterocycles. The summed E-state index contributed by atoms with van der Waals surface area (Å²) in [6, 6.07) is 1.81. The number of phenolic OH excluding ortho intramolecular Hbond substituents is 1. The Bertz CT molecular complexity index is 425. The van der Waals surface area contributed by atoms with E-state index in [9.17, 15) is 9.90 Å². The zero-order chi connectivity index (χ0) is 12.8. The van der Waals surface area contributed by atoms with Gasteiger partial charge in [0.2, 0.25) is 6.41 Å². The summed E-state index contributed by atoms with van der Waals surface area (Å²) < 4.78 is 0. The van der Waals surface area contributed by atoms with Gasteiger partial charge in [-0.3, -0.25) is 4.79 Å². The number of allylic oxidation sites excluding steroid dienone is 1. The summed E-state index contributed by atoms with van der Waals surface area (Å²) in [4.78, 5) is 10.6. The first-order valence-corrected chi connectivity index (χ1v) is 5.81. The number of phenols is 1. The fraction of sp³-hybridized carbons (Fsp3) is 0.357. The van der Waals surface area contributed by atoms with Gasteiger partial charge in [-0.15, -0.1) is 6.58 Å². The molecule has 0 saturated carbocycles. The molecule has 0 fully saturated rings. The standard InChI is InChI=1S/C14H19NO2/c1-4-6-11-12(7-5-2)14(17)10(3)8-13(11)15-9-16/h5,8-9,17H,2,4,6-7H2,1,3H3,(H,15,16). The van der Waals surface area contributed by atoms with Crippen LogP contribution in [-0.4, -0.2) is 11.5 Å². The number of anilines is 1. The Balaban J connectivity index is 3.38. The van der Waals surface area contributed by atoms with Gasteiger partial charge in [-0.1, -0.05) is 19.4 Å². The highest BCUT2D eigenvalue weighted by Crippen LogP contribution is 2.33. The van der Waals surface area contributed by atoms with Crippen LogP contribution in [0.3, 0.4) is 0 Å². The van der Waals surface area contributed by atoms with Gasteiger partial charge in [0.15, 0.2) is 0 Å². The fourth-order valence-corrected chi connectivity index (χ4v) is 2.01. The Morgan fingerprint density at radius 2 is 2.18 bits per heavy atom. The molecular weight excluding hydrogens is 214 g/mol. The summed E-state index contributed by atoms with van der Waals surface area (Å²) in [5.74, 6) is 0.310. The molecule has 0 aromatic heterocycles. The van der Waals surface area contributed by atoms with Crippen molar-refractivity contribution in [3.63, 3.8) is 0 Å². The Hall–Kier alpha value is -1.77. The van der Waals surface area contributed by atoms with Gasteiger partial charge in [-0.05, 0) is 37.0 Å². The second-order valence-corrected chi connectivity index (χ2v) is 4.05. The first-order chi connectivity index (χ1) is 8.15. The molecule has 0 heterocycles. The van der Waals surface area contributed by atoms with Crippen molar-refractivity contribution in [2.75, 3.05) is 5.32 Å². The van der Waals surface area contributed by atoms with Crippen LogP contribution in [0.5, 0.6) is 5.75 Å². The third kappa shape index (κ3) is 2.87. The van der Waals surface area contributed by atoms with Crippen molar-refractivity contribution >= 4 is 12.1 Å². The van der Waals surface area contributed by atoms with Crippen LogP contribution >= 0.6 is 0 Å². The maximum Gasteiger partial charge on any atom is 0.211 e. The van der Waals surface area contributed by atoms with Crippen molar-refractivity contribution in [2.24, 2.45) is 0 Å². The lowest BCUT2D eigenvalue weighted by Crippen LogP contribution is -2.04. The molecule has 0 unspecified atom stereocenters. The van der Waals surface area contributed by atoms with Gasteiger partial charge in [0.25, 0.3) is 0 Å². The molecule has 0 atom stereocenters. The van der Waals surface area contributed by atoms with Crippen LogP contribution in [-0.2, 0) is 17.6 Å². The highest BCUT2D eigenvalue weighted by atomic mass is 16.3. The van der Waals surface area contributed by atoms with Crippen LogP contribution in [0, 0.1) is 6.92 Å². The number of benzene rings is 1. The number of amides is 1. The molecule has 0 aliphatic rings. The molecule has 1 rings (SSSR count). The van der Waals surface area contributed by atoms with Crippen LogP contribution in [0.25, 0.3) is 0 Å². The summed E-state index contributed by atoms with van der Waals surface area (Å²) in [6.07, 6.45) is 4.82. The number of rotatable bonds is 6. The quantitative estimate of drug-likeness (QED) is 0.451. The summed E-state index contributed by atoms with van der Waals surface area (Å²) in [5, 5.41) is 12.8. The first-order valence-electron chi connectivity index (χ1n) is 5.81.